The van der Waals surface area contributed by atoms with Gasteiger partial charge in [-0.1, -0.05) is 66.7 Å². The van der Waals surface area contributed by atoms with Crippen LogP contribution in [0.3, 0.4) is 0 Å². The summed E-state index contributed by atoms with van der Waals surface area (Å²) in [6.45, 7) is 4.03. The molecule has 2 aromatic rings. The van der Waals surface area contributed by atoms with Gasteiger partial charge >= 0.3 is 0 Å². The number of carbonyl (C=O) groups excluding carboxylic acids is 1. The van der Waals surface area contributed by atoms with Crippen molar-refractivity contribution in [1.82, 2.24) is 5.32 Å². The minimum absolute atomic E-state index is 0.0162. The van der Waals surface area contributed by atoms with Gasteiger partial charge in [0.05, 0.1) is 0 Å². The van der Waals surface area contributed by atoms with Crippen LogP contribution >= 0.6 is 0 Å². The Hall–Kier alpha value is -2.39. The molecule has 3 nitrogen and oxygen atoms in total. The fourth-order valence-corrected chi connectivity index (χ4v) is 2.04. The van der Waals surface area contributed by atoms with E-state index in [0.717, 1.165) is 11.1 Å². The fraction of sp³-hybridized carbons (Fsp3) is 0.167. The van der Waals surface area contributed by atoms with E-state index in [2.05, 4.69) is 11.9 Å². The van der Waals surface area contributed by atoms with E-state index in [1.807, 2.05) is 60.7 Å². The summed E-state index contributed by atoms with van der Waals surface area (Å²) < 4.78 is 5.83. The molecule has 2 aromatic carbocycles. The zero-order chi connectivity index (χ0) is 14.9. The number of hydrogen-bond acceptors (Lipinski definition) is 2. The second-order valence-electron chi connectivity index (χ2n) is 4.61. The van der Waals surface area contributed by atoms with Crippen LogP contribution in [0.15, 0.2) is 73.3 Å². The standard InChI is InChI=1S/C18H19NO2/c1-2-13-19-17(20)14-21-18(15-9-5-3-6-10-15)16-11-7-4-8-12-16/h2-12,18H,1,13-14H2,(H,19,20). The highest BCUT2D eigenvalue weighted by molar-refractivity contribution is 5.77. The molecule has 0 spiro atoms. The highest BCUT2D eigenvalue weighted by Crippen LogP contribution is 2.25. The third kappa shape index (κ3) is 4.58. The molecule has 3 heteroatoms. The van der Waals surface area contributed by atoms with Crippen LogP contribution in [0.5, 0.6) is 0 Å². The third-order valence-corrected chi connectivity index (χ3v) is 3.03. The van der Waals surface area contributed by atoms with Gasteiger partial charge in [0.1, 0.15) is 12.7 Å². The van der Waals surface area contributed by atoms with Crippen molar-refractivity contribution in [1.29, 1.82) is 0 Å². The molecule has 0 atom stereocenters. The third-order valence-electron chi connectivity index (χ3n) is 3.03. The quantitative estimate of drug-likeness (QED) is 0.792. The van der Waals surface area contributed by atoms with Crippen molar-refractivity contribution in [3.05, 3.63) is 84.4 Å². The number of ether oxygens (including phenoxy) is 1. The molecule has 0 heterocycles. The lowest BCUT2D eigenvalue weighted by atomic mass is 10.0. The first kappa shape index (κ1) is 15.0. The minimum atomic E-state index is -0.248. The lowest BCUT2D eigenvalue weighted by Crippen LogP contribution is -2.28. The van der Waals surface area contributed by atoms with Gasteiger partial charge in [-0.15, -0.1) is 6.58 Å². The van der Waals surface area contributed by atoms with E-state index in [1.165, 1.54) is 0 Å². The highest BCUT2D eigenvalue weighted by atomic mass is 16.5. The summed E-state index contributed by atoms with van der Waals surface area (Å²) in [7, 11) is 0. The number of hydrogen-bond donors (Lipinski definition) is 1. The molecule has 0 unspecified atom stereocenters. The largest absolute Gasteiger partial charge is 0.359 e. The van der Waals surface area contributed by atoms with Gasteiger partial charge in [0.2, 0.25) is 5.91 Å². The molecule has 0 aliphatic carbocycles. The molecule has 0 bridgehead atoms. The molecule has 0 fully saturated rings. The van der Waals surface area contributed by atoms with Crippen LogP contribution in [0.1, 0.15) is 17.2 Å². The normalized spacial score (nSPS) is 10.3. The lowest BCUT2D eigenvalue weighted by Gasteiger charge is -2.18. The van der Waals surface area contributed by atoms with Gasteiger partial charge in [0.15, 0.2) is 0 Å². The van der Waals surface area contributed by atoms with Crippen LogP contribution < -0.4 is 5.32 Å². The van der Waals surface area contributed by atoms with Crippen LogP contribution in [0.4, 0.5) is 0 Å². The van der Waals surface area contributed by atoms with Crippen molar-refractivity contribution in [3.63, 3.8) is 0 Å². The van der Waals surface area contributed by atoms with Gasteiger partial charge in [0, 0.05) is 6.54 Å². The van der Waals surface area contributed by atoms with Gasteiger partial charge < -0.3 is 10.1 Å². The first-order chi connectivity index (χ1) is 10.3. The van der Waals surface area contributed by atoms with Gasteiger partial charge in [-0.2, -0.15) is 0 Å². The SMILES string of the molecule is C=CCNC(=O)COC(c1ccccc1)c1ccccc1. The Balaban J connectivity index is 2.10. The van der Waals surface area contributed by atoms with Crippen molar-refractivity contribution < 1.29 is 9.53 Å². The molecule has 1 N–H and O–H groups in total. The summed E-state index contributed by atoms with van der Waals surface area (Å²) in [6.07, 6.45) is 1.39. The first-order valence-electron chi connectivity index (χ1n) is 6.90. The zero-order valence-corrected chi connectivity index (χ0v) is 11.9. The summed E-state index contributed by atoms with van der Waals surface area (Å²) in [5.41, 5.74) is 2.06. The Morgan fingerprint density at radius 1 is 1.05 bits per heavy atom. The molecule has 0 aliphatic heterocycles. The maximum Gasteiger partial charge on any atom is 0.246 e. The van der Waals surface area contributed by atoms with E-state index >= 15 is 0 Å². The lowest BCUT2D eigenvalue weighted by molar-refractivity contribution is -0.126. The number of benzene rings is 2. The summed E-state index contributed by atoms with van der Waals surface area (Å²) in [5, 5.41) is 2.71. The van der Waals surface area contributed by atoms with Crippen LogP contribution in [-0.4, -0.2) is 19.1 Å². The molecule has 2 rings (SSSR count). The van der Waals surface area contributed by atoms with Crippen LogP contribution in [-0.2, 0) is 9.53 Å². The van der Waals surface area contributed by atoms with E-state index in [9.17, 15) is 4.79 Å². The Morgan fingerprint density at radius 3 is 2.05 bits per heavy atom. The Bertz CT molecular complexity index is 527. The summed E-state index contributed by atoms with van der Waals surface area (Å²) >= 11 is 0. The molecule has 108 valence electrons. The molecule has 0 saturated heterocycles. The van der Waals surface area contributed by atoms with Gasteiger partial charge in [0.25, 0.3) is 0 Å². The Labute approximate surface area is 125 Å². The average molecular weight is 281 g/mol. The van der Waals surface area contributed by atoms with Crippen molar-refractivity contribution in [2.45, 2.75) is 6.10 Å². The zero-order valence-electron chi connectivity index (χ0n) is 11.9. The first-order valence-corrected chi connectivity index (χ1v) is 6.90. The van der Waals surface area contributed by atoms with E-state index in [4.69, 9.17) is 4.74 Å². The molecule has 1 amide bonds. The van der Waals surface area contributed by atoms with E-state index in [1.54, 1.807) is 6.08 Å². The van der Waals surface area contributed by atoms with E-state index < -0.39 is 0 Å². The number of carbonyl (C=O) groups is 1. The van der Waals surface area contributed by atoms with E-state index in [0.29, 0.717) is 6.54 Å². The van der Waals surface area contributed by atoms with Crippen molar-refractivity contribution in [2.75, 3.05) is 13.2 Å². The van der Waals surface area contributed by atoms with Crippen molar-refractivity contribution >= 4 is 5.91 Å². The molecular weight excluding hydrogens is 262 g/mol. The smallest absolute Gasteiger partial charge is 0.246 e. The number of amides is 1. The second-order valence-corrected chi connectivity index (χ2v) is 4.61. The average Bonchev–Trinajstić information content (AvgIpc) is 2.55. The maximum absolute atomic E-state index is 11.7. The summed E-state index contributed by atoms with van der Waals surface area (Å²) in [6, 6.07) is 19.8. The molecule has 0 saturated carbocycles. The number of nitrogens with one attached hydrogen (secondary N) is 1. The monoisotopic (exact) mass is 281 g/mol. The predicted octanol–water partition coefficient (Wildman–Crippen LogP) is 3.09. The molecule has 0 radical (unpaired) electrons. The Kier molecular flexibility index (Phi) is 5.73. The second kappa shape index (κ2) is 8.02. The number of rotatable bonds is 7. The molecule has 0 aromatic heterocycles. The fourth-order valence-electron chi connectivity index (χ4n) is 2.04. The summed E-state index contributed by atoms with van der Waals surface area (Å²) in [4.78, 5) is 11.7. The van der Waals surface area contributed by atoms with Gasteiger partial charge in [-0.3, -0.25) is 4.79 Å². The van der Waals surface area contributed by atoms with Gasteiger partial charge in [-0.25, -0.2) is 0 Å². The van der Waals surface area contributed by atoms with Crippen molar-refractivity contribution in [3.8, 4) is 0 Å². The van der Waals surface area contributed by atoms with Crippen LogP contribution in [0.2, 0.25) is 0 Å². The minimum Gasteiger partial charge on any atom is -0.359 e. The summed E-state index contributed by atoms with van der Waals surface area (Å²) in [5.74, 6) is -0.147. The Morgan fingerprint density at radius 2 is 1.57 bits per heavy atom. The van der Waals surface area contributed by atoms with Gasteiger partial charge in [-0.05, 0) is 11.1 Å². The molecule has 0 aliphatic rings. The van der Waals surface area contributed by atoms with Crippen LogP contribution in [0.25, 0.3) is 0 Å². The predicted molar refractivity (Wildman–Crippen MR) is 83.9 cm³/mol. The molecule has 21 heavy (non-hydrogen) atoms. The maximum atomic E-state index is 11.7. The van der Waals surface area contributed by atoms with Crippen molar-refractivity contribution in [2.24, 2.45) is 0 Å². The van der Waals surface area contributed by atoms with Crippen LogP contribution in [0, 0.1) is 0 Å². The topological polar surface area (TPSA) is 38.3 Å². The highest BCUT2D eigenvalue weighted by Gasteiger charge is 2.15. The van der Waals surface area contributed by atoms with E-state index in [-0.39, 0.29) is 18.6 Å². The molecular formula is C18H19NO2.